The van der Waals surface area contributed by atoms with E-state index < -0.39 is 6.04 Å². The van der Waals surface area contributed by atoms with E-state index in [1.54, 1.807) is 0 Å². The fourth-order valence-corrected chi connectivity index (χ4v) is 6.74. The van der Waals surface area contributed by atoms with E-state index in [4.69, 9.17) is 10.7 Å². The molecule has 2 fully saturated rings. The van der Waals surface area contributed by atoms with Gasteiger partial charge < -0.3 is 20.5 Å². The van der Waals surface area contributed by atoms with Gasteiger partial charge in [0, 0.05) is 37.3 Å². The van der Waals surface area contributed by atoms with Gasteiger partial charge in [0.25, 0.3) is 0 Å². The SMILES string of the molecule is CC[C@H](C)C(=O)N1CCC[C@H]1c1ncc(-c2ccc(-c3ccc(C4=CN=C([C@@H]5CCCN5C(=O)[C@@H](N)CC)C4)cc3)cc2)[nH]1. The van der Waals surface area contributed by atoms with Gasteiger partial charge in [-0.25, -0.2) is 4.98 Å². The third kappa shape index (κ3) is 5.87. The summed E-state index contributed by atoms with van der Waals surface area (Å²) < 4.78 is 0. The molecule has 4 heterocycles. The number of nitrogens with two attached hydrogens (primary N) is 1. The van der Waals surface area contributed by atoms with Crippen molar-refractivity contribution in [1.29, 1.82) is 0 Å². The number of hydrogen-bond acceptors (Lipinski definition) is 5. The van der Waals surface area contributed by atoms with Gasteiger partial charge in [0.2, 0.25) is 11.8 Å². The Kier molecular flexibility index (Phi) is 8.80. The molecule has 0 aliphatic carbocycles. The van der Waals surface area contributed by atoms with Gasteiger partial charge in [-0.3, -0.25) is 14.6 Å². The normalized spacial score (nSPS) is 21.4. The highest BCUT2D eigenvalue weighted by atomic mass is 16.2. The van der Waals surface area contributed by atoms with Gasteiger partial charge in [-0.05, 0) is 66.4 Å². The molecule has 2 saturated heterocycles. The Morgan fingerprint density at radius 2 is 1.45 bits per heavy atom. The first-order valence-corrected chi connectivity index (χ1v) is 16.3. The molecule has 4 atom stereocenters. The van der Waals surface area contributed by atoms with E-state index in [1.165, 1.54) is 5.57 Å². The number of amides is 2. The average Bonchev–Trinajstić information content (AvgIpc) is 3.89. The molecule has 0 spiro atoms. The molecule has 44 heavy (non-hydrogen) atoms. The van der Waals surface area contributed by atoms with Crippen LogP contribution in [0, 0.1) is 5.92 Å². The van der Waals surface area contributed by atoms with Crippen LogP contribution < -0.4 is 5.73 Å². The first-order valence-electron chi connectivity index (χ1n) is 16.3. The number of H-pyrrole nitrogens is 1. The van der Waals surface area contributed by atoms with Crippen molar-refractivity contribution < 1.29 is 9.59 Å². The zero-order valence-corrected chi connectivity index (χ0v) is 26.1. The van der Waals surface area contributed by atoms with Crippen molar-refractivity contribution in [3.8, 4) is 22.4 Å². The third-order valence-corrected chi connectivity index (χ3v) is 9.70. The Balaban J connectivity index is 1.09. The van der Waals surface area contributed by atoms with E-state index in [1.807, 2.05) is 36.0 Å². The molecule has 6 rings (SSSR count). The number of imidazole rings is 1. The number of likely N-dealkylation sites (tertiary alicyclic amines) is 2. The summed E-state index contributed by atoms with van der Waals surface area (Å²) in [5.74, 6) is 1.19. The Bertz CT molecular complexity index is 1550. The minimum Gasteiger partial charge on any atom is -0.340 e. The lowest BCUT2D eigenvalue weighted by molar-refractivity contribution is -0.136. The number of allylic oxidation sites excluding steroid dienone is 1. The summed E-state index contributed by atoms with van der Waals surface area (Å²) in [6, 6.07) is 16.8. The van der Waals surface area contributed by atoms with Gasteiger partial charge >= 0.3 is 0 Å². The number of hydrogen-bond donors (Lipinski definition) is 2. The van der Waals surface area contributed by atoms with Crippen molar-refractivity contribution >= 4 is 23.1 Å². The van der Waals surface area contributed by atoms with E-state index in [9.17, 15) is 9.59 Å². The lowest BCUT2D eigenvalue weighted by Crippen LogP contribution is -2.48. The Hall–Kier alpha value is -4.04. The summed E-state index contributed by atoms with van der Waals surface area (Å²) >= 11 is 0. The van der Waals surface area contributed by atoms with Crippen LogP contribution in [0.5, 0.6) is 0 Å². The number of carbonyl (C=O) groups is 2. The van der Waals surface area contributed by atoms with E-state index in [2.05, 4.69) is 65.4 Å². The van der Waals surface area contributed by atoms with Crippen molar-refractivity contribution in [2.45, 2.75) is 83.8 Å². The number of aliphatic imine (C=N–C) groups is 1. The lowest BCUT2D eigenvalue weighted by Gasteiger charge is -2.27. The molecule has 1 aromatic heterocycles. The second-order valence-corrected chi connectivity index (χ2v) is 12.5. The van der Waals surface area contributed by atoms with Crippen LogP contribution in [0.2, 0.25) is 0 Å². The van der Waals surface area contributed by atoms with Crippen molar-refractivity contribution in [3.05, 3.63) is 72.3 Å². The molecule has 8 heteroatoms. The van der Waals surface area contributed by atoms with Crippen LogP contribution in [-0.2, 0) is 9.59 Å². The summed E-state index contributed by atoms with van der Waals surface area (Å²) in [4.78, 5) is 42.6. The zero-order chi connectivity index (χ0) is 30.8. The average molecular weight is 593 g/mol. The smallest absolute Gasteiger partial charge is 0.240 e. The zero-order valence-electron chi connectivity index (χ0n) is 26.1. The number of nitrogens with one attached hydrogen (secondary N) is 1. The number of nitrogens with zero attached hydrogens (tertiary/aromatic N) is 4. The first kappa shape index (κ1) is 30.0. The molecular weight excluding hydrogens is 548 g/mol. The third-order valence-electron chi connectivity index (χ3n) is 9.70. The molecule has 2 amide bonds. The van der Waals surface area contributed by atoms with Crippen LogP contribution in [0.3, 0.4) is 0 Å². The van der Waals surface area contributed by atoms with Crippen molar-refractivity contribution in [1.82, 2.24) is 19.8 Å². The Labute approximate surface area is 260 Å². The van der Waals surface area contributed by atoms with Crippen molar-refractivity contribution in [2.24, 2.45) is 16.6 Å². The van der Waals surface area contributed by atoms with Crippen LogP contribution >= 0.6 is 0 Å². The largest absolute Gasteiger partial charge is 0.340 e. The van der Waals surface area contributed by atoms with Crippen LogP contribution in [-0.4, -0.2) is 62.5 Å². The molecule has 8 nitrogen and oxygen atoms in total. The van der Waals surface area contributed by atoms with E-state index in [0.29, 0.717) is 6.42 Å². The first-order chi connectivity index (χ1) is 21.4. The van der Waals surface area contributed by atoms with Crippen molar-refractivity contribution in [3.63, 3.8) is 0 Å². The molecule has 0 radical (unpaired) electrons. The van der Waals surface area contributed by atoms with Crippen LogP contribution in [0.25, 0.3) is 28.0 Å². The summed E-state index contributed by atoms with van der Waals surface area (Å²) in [5, 5.41) is 0. The molecular formula is C36H44N6O2. The summed E-state index contributed by atoms with van der Waals surface area (Å²) in [6.45, 7) is 7.60. The maximum atomic E-state index is 12.9. The van der Waals surface area contributed by atoms with Crippen LogP contribution in [0.4, 0.5) is 0 Å². The monoisotopic (exact) mass is 592 g/mol. The van der Waals surface area contributed by atoms with Gasteiger partial charge in [0.15, 0.2) is 0 Å². The number of carbonyl (C=O) groups excluding carboxylic acids is 2. The molecule has 230 valence electrons. The molecule has 0 unspecified atom stereocenters. The Morgan fingerprint density at radius 3 is 2.09 bits per heavy atom. The molecule has 3 aromatic rings. The fraction of sp³-hybridized carbons (Fsp3) is 0.444. The van der Waals surface area contributed by atoms with Gasteiger partial charge in [0.05, 0.1) is 30.0 Å². The van der Waals surface area contributed by atoms with Gasteiger partial charge in [-0.2, -0.15) is 0 Å². The molecule has 3 aliphatic rings. The molecule has 3 N–H and O–H groups in total. The number of aromatic amines is 1. The molecule has 2 aromatic carbocycles. The Morgan fingerprint density at radius 1 is 0.864 bits per heavy atom. The molecule has 0 bridgehead atoms. The molecule has 3 aliphatic heterocycles. The lowest BCUT2D eigenvalue weighted by atomic mass is 9.96. The summed E-state index contributed by atoms with van der Waals surface area (Å²) in [6.07, 6.45) is 10.0. The minimum absolute atomic E-state index is 0.0263. The minimum atomic E-state index is -0.433. The number of aromatic nitrogens is 2. The quantitative estimate of drug-likeness (QED) is 0.301. The maximum absolute atomic E-state index is 12.9. The standard InChI is InChI=1S/C36H44N6O2/c1-4-23(3)35(43)42-19-7-9-33(42)34-39-22-31(40-34)27-16-14-25(15-17-27)24-10-12-26(13-11-24)28-20-30(38-21-28)32-8-6-18-41(32)36(44)29(37)5-2/h10-17,21-23,29,32-33H,4-9,18-20,37H2,1-3H3,(H,39,40)/t23-,29-,32-,33-/m0/s1. The van der Waals surface area contributed by atoms with Gasteiger partial charge in [0.1, 0.15) is 5.82 Å². The predicted molar refractivity (Wildman–Crippen MR) is 176 cm³/mol. The molecule has 0 saturated carbocycles. The highest BCUT2D eigenvalue weighted by molar-refractivity contribution is 6.03. The fourth-order valence-electron chi connectivity index (χ4n) is 6.74. The maximum Gasteiger partial charge on any atom is 0.240 e. The summed E-state index contributed by atoms with van der Waals surface area (Å²) in [5.41, 5.74) is 13.8. The predicted octanol–water partition coefficient (Wildman–Crippen LogP) is 6.37. The van der Waals surface area contributed by atoms with Crippen LogP contribution in [0.15, 0.2) is 65.9 Å². The number of rotatable bonds is 9. The van der Waals surface area contributed by atoms with Crippen LogP contribution in [0.1, 0.15) is 83.1 Å². The van der Waals surface area contributed by atoms with Crippen molar-refractivity contribution in [2.75, 3.05) is 13.1 Å². The second-order valence-electron chi connectivity index (χ2n) is 12.5. The van der Waals surface area contributed by atoms with E-state index in [-0.39, 0.29) is 29.8 Å². The highest BCUT2D eigenvalue weighted by Gasteiger charge is 2.36. The van der Waals surface area contributed by atoms with E-state index >= 15 is 0 Å². The second kappa shape index (κ2) is 12.9. The van der Waals surface area contributed by atoms with Gasteiger partial charge in [-0.1, -0.05) is 69.3 Å². The highest BCUT2D eigenvalue weighted by Crippen LogP contribution is 2.34. The number of benzene rings is 2. The summed E-state index contributed by atoms with van der Waals surface area (Å²) in [7, 11) is 0. The van der Waals surface area contributed by atoms with Gasteiger partial charge in [-0.15, -0.1) is 0 Å². The van der Waals surface area contributed by atoms with E-state index in [0.717, 1.165) is 91.1 Å². The topological polar surface area (TPSA) is 108 Å².